The van der Waals surface area contributed by atoms with Crippen molar-refractivity contribution in [2.45, 2.75) is 58.4 Å². The predicted molar refractivity (Wildman–Crippen MR) is 119 cm³/mol. The number of piperidine rings is 1. The van der Waals surface area contributed by atoms with Gasteiger partial charge in [-0.25, -0.2) is 8.42 Å². The van der Waals surface area contributed by atoms with E-state index in [4.69, 9.17) is 0 Å². The molecule has 1 aromatic carbocycles. The van der Waals surface area contributed by atoms with Crippen LogP contribution in [0.25, 0.3) is 0 Å². The quantitative estimate of drug-likeness (QED) is 0.659. The Labute approximate surface area is 183 Å². The van der Waals surface area contributed by atoms with Crippen molar-refractivity contribution in [1.82, 2.24) is 14.1 Å². The molecule has 0 atom stereocenters. The summed E-state index contributed by atoms with van der Waals surface area (Å²) in [4.78, 5) is 24.1. The van der Waals surface area contributed by atoms with Crippen LogP contribution in [0.5, 0.6) is 0 Å². The smallest absolute Gasteiger partial charge is 0.246 e. The number of ketones is 1. The zero-order valence-electron chi connectivity index (χ0n) is 18.5. The Morgan fingerprint density at radius 2 is 1.87 bits per heavy atom. The van der Waals surface area contributed by atoms with Crippen molar-refractivity contribution in [3.63, 3.8) is 0 Å². The highest BCUT2D eigenvalue weighted by Crippen LogP contribution is 2.27. The lowest BCUT2D eigenvalue weighted by Crippen LogP contribution is -2.38. The number of amides is 1. The summed E-state index contributed by atoms with van der Waals surface area (Å²) < 4.78 is 29.5. The van der Waals surface area contributed by atoms with Gasteiger partial charge in [0.25, 0.3) is 0 Å². The second-order valence-electron chi connectivity index (χ2n) is 8.24. The molecule has 1 amide bonds. The maximum absolute atomic E-state index is 13.2. The second-order valence-corrected chi connectivity index (χ2v) is 10.1. The predicted octanol–water partition coefficient (Wildman–Crippen LogP) is 3.15. The summed E-state index contributed by atoms with van der Waals surface area (Å²) >= 11 is 0. The number of aryl methyl sites for hydroxylation is 2. The van der Waals surface area contributed by atoms with Gasteiger partial charge in [0, 0.05) is 30.8 Å². The minimum absolute atomic E-state index is 0.0735. The first-order chi connectivity index (χ1) is 14.6. The normalized spacial score (nSPS) is 15.7. The molecule has 0 unspecified atom stereocenters. The molecule has 3 rings (SSSR count). The Bertz CT molecular complexity index is 1080. The highest BCUT2D eigenvalue weighted by Gasteiger charge is 2.33. The van der Waals surface area contributed by atoms with Gasteiger partial charge in [-0.3, -0.25) is 14.3 Å². The zero-order chi connectivity index (χ0) is 22.8. The van der Waals surface area contributed by atoms with E-state index in [9.17, 15) is 18.0 Å². The monoisotopic (exact) mass is 446 g/mol. The molecule has 8 nitrogen and oxygen atoms in total. The Kier molecular flexibility index (Phi) is 6.96. The molecule has 2 heterocycles. The molecule has 2 aromatic rings. The maximum Gasteiger partial charge on any atom is 0.246 e. The van der Waals surface area contributed by atoms with Crippen molar-refractivity contribution in [3.05, 3.63) is 41.2 Å². The lowest BCUT2D eigenvalue weighted by Gasteiger charge is -2.29. The second kappa shape index (κ2) is 9.32. The van der Waals surface area contributed by atoms with Crippen molar-refractivity contribution in [2.75, 3.05) is 18.4 Å². The molecule has 1 aliphatic heterocycles. The van der Waals surface area contributed by atoms with E-state index in [1.807, 2.05) is 0 Å². The number of hydrogen-bond donors (Lipinski definition) is 1. The van der Waals surface area contributed by atoms with Crippen molar-refractivity contribution in [3.8, 4) is 0 Å². The average molecular weight is 447 g/mol. The topological polar surface area (TPSA) is 101 Å². The van der Waals surface area contributed by atoms with Gasteiger partial charge < -0.3 is 5.32 Å². The first kappa shape index (κ1) is 23.1. The summed E-state index contributed by atoms with van der Waals surface area (Å²) in [6.45, 7) is 8.34. The van der Waals surface area contributed by atoms with Gasteiger partial charge in [-0.2, -0.15) is 9.40 Å². The minimum atomic E-state index is -3.61. The number of nitrogens with zero attached hydrogens (tertiary/aromatic N) is 3. The highest BCUT2D eigenvalue weighted by molar-refractivity contribution is 7.89. The van der Waals surface area contributed by atoms with Crippen LogP contribution in [-0.4, -0.2) is 47.3 Å². The fourth-order valence-corrected chi connectivity index (χ4v) is 5.72. The first-order valence-electron chi connectivity index (χ1n) is 10.5. The molecule has 1 aromatic heterocycles. The molecule has 0 bridgehead atoms. The molecule has 1 aliphatic rings. The van der Waals surface area contributed by atoms with E-state index in [0.29, 0.717) is 41.6 Å². The summed E-state index contributed by atoms with van der Waals surface area (Å²) in [6, 6.07) is 6.76. The molecule has 168 valence electrons. The lowest BCUT2D eigenvalue weighted by atomic mass is 10.0. The SMILES string of the molecule is CC(=O)c1cccc(NC(=O)CCn2nc(C)c(S(=O)(=O)N3CCC(C)CC3)c2C)c1. The molecule has 0 saturated carbocycles. The van der Waals surface area contributed by atoms with E-state index in [2.05, 4.69) is 17.3 Å². The zero-order valence-corrected chi connectivity index (χ0v) is 19.3. The standard InChI is InChI=1S/C22H30N4O4S/c1-15-8-11-25(12-9-15)31(29,30)22-16(2)24-26(17(22)3)13-10-21(28)23-20-7-5-6-19(14-20)18(4)27/h5-7,14-15H,8-13H2,1-4H3,(H,23,28). The Balaban J connectivity index is 1.69. The van der Waals surface area contributed by atoms with Crippen LogP contribution in [0.15, 0.2) is 29.2 Å². The van der Waals surface area contributed by atoms with Crippen LogP contribution in [0.1, 0.15) is 54.9 Å². The van der Waals surface area contributed by atoms with Crippen LogP contribution < -0.4 is 5.32 Å². The van der Waals surface area contributed by atoms with Crippen LogP contribution in [0.4, 0.5) is 5.69 Å². The van der Waals surface area contributed by atoms with Gasteiger partial charge in [-0.15, -0.1) is 0 Å². The number of anilines is 1. The maximum atomic E-state index is 13.2. The van der Waals surface area contributed by atoms with Gasteiger partial charge in [-0.05, 0) is 51.7 Å². The summed E-state index contributed by atoms with van der Waals surface area (Å²) in [5, 5.41) is 7.16. The van der Waals surface area contributed by atoms with E-state index in [-0.39, 0.29) is 29.6 Å². The molecule has 1 N–H and O–H groups in total. The van der Waals surface area contributed by atoms with Gasteiger partial charge in [0.1, 0.15) is 4.90 Å². The number of hydrogen-bond acceptors (Lipinski definition) is 5. The van der Waals surface area contributed by atoms with Crippen LogP contribution in [0.2, 0.25) is 0 Å². The number of nitrogens with one attached hydrogen (secondary N) is 1. The molecular weight excluding hydrogens is 416 g/mol. The number of Topliss-reactive ketones (excluding diaryl/α,β-unsaturated/α-hetero) is 1. The molecule has 31 heavy (non-hydrogen) atoms. The third kappa shape index (κ3) is 5.22. The first-order valence-corrected chi connectivity index (χ1v) is 12.0. The molecule has 1 fully saturated rings. The van der Waals surface area contributed by atoms with Crippen molar-refractivity contribution < 1.29 is 18.0 Å². The average Bonchev–Trinajstić information content (AvgIpc) is 3.00. The Morgan fingerprint density at radius 1 is 1.19 bits per heavy atom. The Hall–Kier alpha value is -2.52. The van der Waals surface area contributed by atoms with Crippen molar-refractivity contribution in [2.24, 2.45) is 5.92 Å². The largest absolute Gasteiger partial charge is 0.326 e. The number of carbonyl (C=O) groups is 2. The van der Waals surface area contributed by atoms with Gasteiger partial charge >= 0.3 is 0 Å². The van der Waals surface area contributed by atoms with Crippen LogP contribution in [0, 0.1) is 19.8 Å². The summed E-state index contributed by atoms with van der Waals surface area (Å²) in [5.41, 5.74) is 2.07. The van der Waals surface area contributed by atoms with Gasteiger partial charge in [0.15, 0.2) is 5.78 Å². The van der Waals surface area contributed by atoms with E-state index in [1.54, 1.807) is 47.1 Å². The fraction of sp³-hybridized carbons (Fsp3) is 0.500. The van der Waals surface area contributed by atoms with Gasteiger partial charge in [0.05, 0.1) is 17.9 Å². The molecule has 0 spiro atoms. The number of carbonyl (C=O) groups excluding carboxylic acids is 2. The summed E-state index contributed by atoms with van der Waals surface area (Å²) in [6.07, 6.45) is 1.85. The van der Waals surface area contributed by atoms with E-state index in [1.165, 1.54) is 6.92 Å². The molecule has 1 saturated heterocycles. The summed E-state index contributed by atoms with van der Waals surface area (Å²) in [5.74, 6) is 0.226. The highest BCUT2D eigenvalue weighted by atomic mass is 32.2. The van der Waals surface area contributed by atoms with Gasteiger partial charge in [-0.1, -0.05) is 19.1 Å². The molecule has 0 radical (unpaired) electrons. The minimum Gasteiger partial charge on any atom is -0.326 e. The van der Waals surface area contributed by atoms with Crippen LogP contribution in [-0.2, 0) is 21.4 Å². The number of rotatable bonds is 7. The van der Waals surface area contributed by atoms with E-state index >= 15 is 0 Å². The third-order valence-corrected chi connectivity index (χ3v) is 7.91. The molecule has 9 heteroatoms. The van der Waals surface area contributed by atoms with Crippen molar-refractivity contribution in [1.29, 1.82) is 0 Å². The lowest BCUT2D eigenvalue weighted by molar-refractivity contribution is -0.116. The number of benzene rings is 1. The summed E-state index contributed by atoms with van der Waals surface area (Å²) in [7, 11) is -3.61. The van der Waals surface area contributed by atoms with E-state index in [0.717, 1.165) is 12.8 Å². The third-order valence-electron chi connectivity index (χ3n) is 5.76. The number of aromatic nitrogens is 2. The van der Waals surface area contributed by atoms with Gasteiger partial charge in [0.2, 0.25) is 15.9 Å². The van der Waals surface area contributed by atoms with Crippen molar-refractivity contribution >= 4 is 27.4 Å². The Morgan fingerprint density at radius 3 is 2.52 bits per heavy atom. The van der Waals surface area contributed by atoms with Crippen LogP contribution in [0.3, 0.4) is 0 Å². The molecule has 0 aliphatic carbocycles. The van der Waals surface area contributed by atoms with E-state index < -0.39 is 10.0 Å². The van der Waals surface area contributed by atoms with Crippen LogP contribution >= 0.6 is 0 Å². The fourth-order valence-electron chi connectivity index (χ4n) is 3.87. The number of sulfonamides is 1. The molecular formula is C22H30N4O4S.